The number of rotatable bonds is 11. The predicted octanol–water partition coefficient (Wildman–Crippen LogP) is 0.239. The van der Waals surface area contributed by atoms with Gasteiger partial charge in [-0.25, -0.2) is 9.36 Å². The van der Waals surface area contributed by atoms with E-state index in [9.17, 15) is 34.4 Å². The van der Waals surface area contributed by atoms with Crippen LogP contribution in [-0.4, -0.2) is 56.3 Å². The molecule has 15 nitrogen and oxygen atoms in total. The Hall–Kier alpha value is -4.13. The van der Waals surface area contributed by atoms with E-state index >= 15 is 0 Å². The molecule has 0 amide bonds. The van der Waals surface area contributed by atoms with Crippen LogP contribution in [0.25, 0.3) is 0 Å². The van der Waals surface area contributed by atoms with Crippen LogP contribution in [0.15, 0.2) is 76.4 Å². The molecule has 1 unspecified atom stereocenters. The van der Waals surface area contributed by atoms with E-state index in [0.717, 1.165) is 16.8 Å². The van der Waals surface area contributed by atoms with Crippen LogP contribution in [-0.2, 0) is 30.0 Å². The van der Waals surface area contributed by atoms with Crippen LogP contribution in [0.3, 0.4) is 0 Å². The Morgan fingerprint density at radius 3 is 2.67 bits per heavy atom. The lowest BCUT2D eigenvalue weighted by atomic mass is 10.1. The Bertz CT molecular complexity index is 1620. The van der Waals surface area contributed by atoms with Gasteiger partial charge in [0.25, 0.3) is 5.56 Å². The number of aliphatic hydroxyl groups excluding tert-OH is 2. The molecule has 0 aliphatic carbocycles. The van der Waals surface area contributed by atoms with Gasteiger partial charge < -0.3 is 24.2 Å². The Morgan fingerprint density at radius 2 is 1.98 bits per heavy atom. The van der Waals surface area contributed by atoms with Crippen molar-refractivity contribution in [2.24, 2.45) is 5.73 Å². The summed E-state index contributed by atoms with van der Waals surface area (Å²) in [5, 5.41) is 32.9. The first kappa shape index (κ1) is 30.8. The first-order valence-corrected chi connectivity index (χ1v) is 14.0. The normalized spacial score (nSPS) is 23.8. The summed E-state index contributed by atoms with van der Waals surface area (Å²) in [6, 6.07) is 16.1. The fourth-order valence-electron chi connectivity index (χ4n) is 3.96. The van der Waals surface area contributed by atoms with E-state index in [1.165, 1.54) is 31.2 Å². The third-order valence-electron chi connectivity index (χ3n) is 6.16. The Morgan fingerprint density at radius 1 is 1.24 bits per heavy atom. The highest BCUT2D eigenvalue weighted by atomic mass is 31.2. The minimum absolute atomic E-state index is 0.0583. The van der Waals surface area contributed by atoms with E-state index in [0.29, 0.717) is 5.56 Å². The Kier molecular flexibility index (Phi) is 9.40. The molecule has 0 bridgehead atoms. The molecule has 3 aromatic rings. The molecular formula is C26H28N5O10P. The van der Waals surface area contributed by atoms with Crippen LogP contribution in [0, 0.1) is 11.3 Å². The third-order valence-corrected chi connectivity index (χ3v) is 7.78. The number of aromatic nitrogens is 2. The molecule has 4 rings (SSSR count). The first-order chi connectivity index (χ1) is 19.9. The second kappa shape index (κ2) is 12.8. The monoisotopic (exact) mass is 601 g/mol. The average molecular weight is 602 g/mol. The molecule has 1 saturated heterocycles. The number of nitrogens with one attached hydrogen (secondary N) is 2. The van der Waals surface area contributed by atoms with E-state index in [1.807, 2.05) is 11.1 Å². The molecule has 0 radical (unpaired) electrons. The number of nitrogens with zero attached hydrogens (tertiary/aromatic N) is 2. The summed E-state index contributed by atoms with van der Waals surface area (Å²) in [6.07, 6.45) is -4.15. The second-order valence-electron chi connectivity index (χ2n) is 9.36. The zero-order chi connectivity index (χ0) is 30.5. The fraction of sp³-hybridized carbons (Fsp3) is 0.308. The smallest absolute Gasteiger partial charge is 0.459 e. The fourth-order valence-corrected chi connectivity index (χ4v) is 5.48. The number of nitriles is 1. The standard InChI is InChI=1S/C26H28N5O10P/c1-16(24(35)38-14-17-6-3-2-4-7-17)30-42(37,41-19-9-5-8-18(12-19)13-27)39-15-26(28)22(34)21(33)23(40-26)31-11-10-20(32)29-25(31)36/h2-12,16,21-23,33-34H,14-15,28H2,1H3,(H,30,37)(H,29,32,36)/t16-,21+,22-,23+,26+,42?/m0/s1. The SMILES string of the molecule is C[C@H](NP(=O)(OC[C@@]1(N)O[C@@H](n2ccc(=O)[nH]c2=O)[C@H](O)[C@@H]1O)Oc1cccc(C#N)c1)C(=O)OCc1ccccc1. The molecule has 1 fully saturated rings. The quantitative estimate of drug-likeness (QED) is 0.147. The number of benzene rings is 2. The maximum Gasteiger partial charge on any atom is 0.459 e. The molecule has 2 heterocycles. The van der Waals surface area contributed by atoms with Gasteiger partial charge in [0, 0.05) is 12.3 Å². The van der Waals surface area contributed by atoms with Crippen LogP contribution >= 0.6 is 7.75 Å². The van der Waals surface area contributed by atoms with Crippen LogP contribution in [0.5, 0.6) is 5.75 Å². The highest BCUT2D eigenvalue weighted by Crippen LogP contribution is 2.47. The van der Waals surface area contributed by atoms with Crippen LogP contribution in [0.1, 0.15) is 24.3 Å². The molecule has 0 spiro atoms. The summed E-state index contributed by atoms with van der Waals surface area (Å²) >= 11 is 0. The topological polar surface area (TPSA) is 228 Å². The molecule has 1 aromatic heterocycles. The average Bonchev–Trinajstić information content (AvgIpc) is 3.19. The highest BCUT2D eigenvalue weighted by molar-refractivity contribution is 7.52. The number of hydrogen-bond acceptors (Lipinski definition) is 12. The van der Waals surface area contributed by atoms with Crippen molar-refractivity contribution in [1.82, 2.24) is 14.6 Å². The number of hydrogen-bond donors (Lipinski definition) is 5. The number of esters is 1. The molecule has 2 aromatic carbocycles. The van der Waals surface area contributed by atoms with Gasteiger partial charge in [0.15, 0.2) is 12.0 Å². The maximum atomic E-state index is 13.9. The van der Waals surface area contributed by atoms with Gasteiger partial charge in [0.1, 0.15) is 37.2 Å². The van der Waals surface area contributed by atoms with Crippen molar-refractivity contribution < 1.29 is 38.1 Å². The molecular weight excluding hydrogens is 573 g/mol. The highest BCUT2D eigenvalue weighted by Gasteiger charge is 2.54. The second-order valence-corrected chi connectivity index (χ2v) is 11.1. The van der Waals surface area contributed by atoms with E-state index in [4.69, 9.17) is 24.3 Å². The number of aromatic amines is 1. The summed E-state index contributed by atoms with van der Waals surface area (Å²) in [5.41, 5.74) is 3.17. The molecule has 1 aliphatic rings. The Labute approximate surface area is 238 Å². The van der Waals surface area contributed by atoms with Crippen molar-refractivity contribution in [2.45, 2.75) is 43.7 Å². The van der Waals surface area contributed by atoms with Crippen LogP contribution in [0.2, 0.25) is 0 Å². The van der Waals surface area contributed by atoms with Gasteiger partial charge in [-0.15, -0.1) is 0 Å². The third kappa shape index (κ3) is 7.19. The minimum Gasteiger partial charge on any atom is -0.460 e. The summed E-state index contributed by atoms with van der Waals surface area (Å²) < 4.78 is 36.6. The summed E-state index contributed by atoms with van der Waals surface area (Å²) in [6.45, 7) is 0.408. The van der Waals surface area contributed by atoms with Gasteiger partial charge in [-0.05, 0) is 30.7 Å². The van der Waals surface area contributed by atoms with Crippen molar-refractivity contribution in [3.05, 3.63) is 98.8 Å². The van der Waals surface area contributed by atoms with Crippen LogP contribution < -0.4 is 26.6 Å². The molecule has 6 N–H and O–H groups in total. The lowest BCUT2D eigenvalue weighted by Gasteiger charge is -2.30. The lowest BCUT2D eigenvalue weighted by molar-refractivity contribution is -0.146. The first-order valence-electron chi connectivity index (χ1n) is 12.5. The summed E-state index contributed by atoms with van der Waals surface area (Å²) in [4.78, 5) is 38.3. The number of nitrogens with two attached hydrogens (primary N) is 1. The Balaban J connectivity index is 1.53. The van der Waals surface area contributed by atoms with Gasteiger partial charge in [-0.3, -0.25) is 29.4 Å². The predicted molar refractivity (Wildman–Crippen MR) is 145 cm³/mol. The van der Waals surface area contributed by atoms with Gasteiger partial charge >= 0.3 is 19.4 Å². The zero-order valence-electron chi connectivity index (χ0n) is 22.2. The molecule has 6 atom stereocenters. The van der Waals surface area contributed by atoms with Crippen molar-refractivity contribution >= 4 is 13.7 Å². The number of ether oxygens (including phenoxy) is 2. The van der Waals surface area contributed by atoms with Crippen molar-refractivity contribution in [2.75, 3.05) is 6.61 Å². The minimum atomic E-state index is -4.56. The number of carbonyl (C=O) groups is 1. The van der Waals surface area contributed by atoms with Gasteiger partial charge in [-0.1, -0.05) is 36.4 Å². The van der Waals surface area contributed by atoms with Crippen LogP contribution in [0.4, 0.5) is 0 Å². The van der Waals surface area contributed by atoms with Gasteiger partial charge in [0.05, 0.1) is 11.6 Å². The molecule has 42 heavy (non-hydrogen) atoms. The van der Waals surface area contributed by atoms with Crippen molar-refractivity contribution in [3.8, 4) is 11.8 Å². The largest absolute Gasteiger partial charge is 0.460 e. The number of carbonyl (C=O) groups excluding carboxylic acids is 1. The van der Waals surface area contributed by atoms with E-state index < -0.39 is 61.8 Å². The van der Waals surface area contributed by atoms with E-state index in [1.54, 1.807) is 30.3 Å². The van der Waals surface area contributed by atoms with Gasteiger partial charge in [0.2, 0.25) is 0 Å². The molecule has 0 saturated carbocycles. The molecule has 16 heteroatoms. The van der Waals surface area contributed by atoms with E-state index in [2.05, 4.69) is 5.09 Å². The van der Waals surface area contributed by atoms with Gasteiger partial charge in [-0.2, -0.15) is 10.3 Å². The van der Waals surface area contributed by atoms with Crippen molar-refractivity contribution in [3.63, 3.8) is 0 Å². The zero-order valence-corrected chi connectivity index (χ0v) is 23.0. The maximum absolute atomic E-state index is 13.9. The molecule has 222 valence electrons. The number of H-pyrrole nitrogens is 1. The summed E-state index contributed by atoms with van der Waals surface area (Å²) in [7, 11) is -4.56. The molecule has 1 aliphatic heterocycles. The number of aliphatic hydroxyl groups is 2. The van der Waals surface area contributed by atoms with Crippen molar-refractivity contribution in [1.29, 1.82) is 5.26 Å². The van der Waals surface area contributed by atoms with E-state index in [-0.39, 0.29) is 17.9 Å². The summed E-state index contributed by atoms with van der Waals surface area (Å²) in [5.74, 6) is -0.865. The lowest BCUT2D eigenvalue weighted by Crippen LogP contribution is -2.54.